The van der Waals surface area contributed by atoms with E-state index in [-0.39, 0.29) is 0 Å². The third-order valence-electron chi connectivity index (χ3n) is 1.50. The molecule has 12 heavy (non-hydrogen) atoms. The largest absolute Gasteiger partial charge is 0.400 e. The second-order valence-electron chi connectivity index (χ2n) is 2.12. The van der Waals surface area contributed by atoms with E-state index in [0.29, 0.717) is 0 Å². The molecule has 0 aromatic heterocycles. The van der Waals surface area contributed by atoms with Gasteiger partial charge in [0, 0.05) is 14.2 Å². The number of aliphatic hydroxyl groups is 2. The highest BCUT2D eigenvalue weighted by Crippen LogP contribution is 2.15. The normalized spacial score (nSPS) is 13.5. The average molecular weight is 178 g/mol. The van der Waals surface area contributed by atoms with Crippen LogP contribution in [0.3, 0.4) is 0 Å². The van der Waals surface area contributed by atoms with Crippen molar-refractivity contribution < 1.29 is 10.2 Å². The zero-order chi connectivity index (χ0) is 10.2. The molecule has 0 amide bonds. The summed E-state index contributed by atoms with van der Waals surface area (Å²) in [4.78, 5) is 0. The average Bonchev–Trinajstić information content (AvgIpc) is 2.29. The lowest BCUT2D eigenvalue weighted by atomic mass is 10.0. The van der Waals surface area contributed by atoms with Gasteiger partial charge in [0.05, 0.1) is 0 Å². The predicted octanol–water partition coefficient (Wildman–Crippen LogP) is 2.58. The van der Waals surface area contributed by atoms with Crippen LogP contribution in [-0.2, 0) is 0 Å². The summed E-state index contributed by atoms with van der Waals surface area (Å²) in [5.74, 6) is 0. The van der Waals surface area contributed by atoms with Crippen LogP contribution >= 0.6 is 0 Å². The van der Waals surface area contributed by atoms with Crippen LogP contribution in [0.25, 0.3) is 0 Å². The van der Waals surface area contributed by atoms with Crippen molar-refractivity contribution in [1.82, 2.24) is 0 Å². The second-order valence-corrected chi connectivity index (χ2v) is 2.12. The molecule has 1 aliphatic carbocycles. The van der Waals surface area contributed by atoms with Gasteiger partial charge in [-0.1, -0.05) is 52.4 Å². The summed E-state index contributed by atoms with van der Waals surface area (Å²) in [6.07, 6.45) is 9.00. The predicted molar refractivity (Wildman–Crippen MR) is 55.3 cm³/mol. The van der Waals surface area contributed by atoms with E-state index in [1.807, 2.05) is 13.8 Å². The highest BCUT2D eigenvalue weighted by atomic mass is 16.2. The Morgan fingerprint density at radius 2 is 0.583 bits per heavy atom. The molecule has 0 unspecified atom stereocenters. The molecule has 2 N–H and O–H groups in total. The Morgan fingerprint density at radius 1 is 0.500 bits per heavy atom. The molecule has 0 aliphatic heterocycles. The maximum Gasteiger partial charge on any atom is 0.0319 e. The Morgan fingerprint density at radius 3 is 0.667 bits per heavy atom. The summed E-state index contributed by atoms with van der Waals surface area (Å²) in [5, 5.41) is 14.0. The minimum atomic E-state index is 1.00. The van der Waals surface area contributed by atoms with Gasteiger partial charge >= 0.3 is 0 Å². The summed E-state index contributed by atoms with van der Waals surface area (Å²) < 4.78 is 0. The number of hydrogen-bond acceptors (Lipinski definition) is 2. The Kier molecular flexibility index (Phi) is 45.6. The van der Waals surface area contributed by atoms with Crippen LogP contribution in [0.2, 0.25) is 0 Å². The lowest BCUT2D eigenvalue weighted by molar-refractivity contribution is 0.399. The van der Waals surface area contributed by atoms with E-state index in [9.17, 15) is 0 Å². The van der Waals surface area contributed by atoms with E-state index >= 15 is 0 Å². The Hall–Kier alpha value is -0.0800. The molecule has 78 valence electrons. The van der Waals surface area contributed by atoms with Gasteiger partial charge in [-0.15, -0.1) is 0 Å². The van der Waals surface area contributed by atoms with Gasteiger partial charge in [0.25, 0.3) is 0 Å². The molecule has 0 aromatic rings. The van der Waals surface area contributed by atoms with Crippen LogP contribution in [0.4, 0.5) is 0 Å². The van der Waals surface area contributed by atoms with Crippen molar-refractivity contribution in [1.29, 1.82) is 0 Å². The molecular formula is C10H26O2. The molecular weight excluding hydrogens is 152 g/mol. The number of hydrogen-bond donors (Lipinski definition) is 2. The van der Waals surface area contributed by atoms with E-state index in [0.717, 1.165) is 14.2 Å². The maximum atomic E-state index is 7.00. The van der Waals surface area contributed by atoms with Crippen LogP contribution in [0.1, 0.15) is 52.4 Å². The van der Waals surface area contributed by atoms with E-state index in [4.69, 9.17) is 10.2 Å². The summed E-state index contributed by atoms with van der Waals surface area (Å²) in [6, 6.07) is 0. The first-order valence-electron chi connectivity index (χ1n) is 4.89. The van der Waals surface area contributed by atoms with E-state index < -0.39 is 0 Å². The first-order valence-corrected chi connectivity index (χ1v) is 4.89. The van der Waals surface area contributed by atoms with Gasteiger partial charge in [-0.25, -0.2) is 0 Å². The van der Waals surface area contributed by atoms with Crippen molar-refractivity contribution in [3.63, 3.8) is 0 Å². The molecule has 0 spiro atoms. The number of aliphatic hydroxyl groups excluding tert-OH is 2. The fourth-order valence-electron chi connectivity index (χ4n) is 1.06. The molecule has 0 heterocycles. The van der Waals surface area contributed by atoms with Gasteiger partial charge in [-0.05, 0) is 0 Å². The summed E-state index contributed by atoms with van der Waals surface area (Å²) in [5.41, 5.74) is 0. The third kappa shape index (κ3) is 22.5. The van der Waals surface area contributed by atoms with Crippen LogP contribution in [0.15, 0.2) is 0 Å². The minimum Gasteiger partial charge on any atom is -0.400 e. The Labute approximate surface area is 77.6 Å². The van der Waals surface area contributed by atoms with E-state index in [2.05, 4.69) is 0 Å². The summed E-state index contributed by atoms with van der Waals surface area (Å²) in [6.45, 7) is 4.00. The van der Waals surface area contributed by atoms with Crippen molar-refractivity contribution in [2.45, 2.75) is 52.4 Å². The van der Waals surface area contributed by atoms with Crippen LogP contribution in [0, 0.1) is 0 Å². The van der Waals surface area contributed by atoms with Crippen LogP contribution in [-0.4, -0.2) is 24.4 Å². The standard InChI is InChI=1S/C6H12.C2H6.2CH4O/c1-2-4-6-5-3-1;3*1-2/h1-6H2;1-2H3;2*2H,1H3. The summed E-state index contributed by atoms with van der Waals surface area (Å²) in [7, 11) is 2.00. The topological polar surface area (TPSA) is 40.5 Å². The van der Waals surface area contributed by atoms with Gasteiger partial charge in [-0.3, -0.25) is 0 Å². The fraction of sp³-hybridized carbons (Fsp3) is 1.00. The molecule has 1 rings (SSSR count). The quantitative estimate of drug-likeness (QED) is 0.598. The van der Waals surface area contributed by atoms with Crippen LogP contribution in [0.5, 0.6) is 0 Å². The van der Waals surface area contributed by atoms with Gasteiger partial charge in [-0.2, -0.15) is 0 Å². The highest BCUT2D eigenvalue weighted by molar-refractivity contribution is 4.51. The van der Waals surface area contributed by atoms with Crippen molar-refractivity contribution in [2.75, 3.05) is 14.2 Å². The lowest BCUT2D eigenvalue weighted by Crippen LogP contribution is -1.85. The molecule has 0 radical (unpaired) electrons. The van der Waals surface area contributed by atoms with Crippen LogP contribution < -0.4 is 0 Å². The SMILES string of the molecule is C1CCCCC1.CC.CO.CO. The highest BCUT2D eigenvalue weighted by Gasteiger charge is 1.95. The molecule has 0 aromatic carbocycles. The smallest absolute Gasteiger partial charge is 0.0319 e. The fourth-order valence-corrected chi connectivity index (χ4v) is 1.06. The van der Waals surface area contributed by atoms with Crippen molar-refractivity contribution in [3.8, 4) is 0 Å². The first-order chi connectivity index (χ1) is 6.00. The maximum absolute atomic E-state index is 7.00. The molecule has 2 nitrogen and oxygen atoms in total. The Bertz CT molecular complexity index is 23.3. The van der Waals surface area contributed by atoms with Crippen molar-refractivity contribution in [3.05, 3.63) is 0 Å². The summed E-state index contributed by atoms with van der Waals surface area (Å²) >= 11 is 0. The molecule has 1 saturated carbocycles. The van der Waals surface area contributed by atoms with Crippen molar-refractivity contribution in [2.24, 2.45) is 0 Å². The third-order valence-corrected chi connectivity index (χ3v) is 1.50. The molecule has 0 saturated heterocycles. The minimum absolute atomic E-state index is 1.00. The second kappa shape index (κ2) is 30.7. The van der Waals surface area contributed by atoms with Gasteiger partial charge < -0.3 is 10.2 Å². The lowest BCUT2D eigenvalue weighted by Gasteiger charge is -2.05. The van der Waals surface area contributed by atoms with Gasteiger partial charge in [0.2, 0.25) is 0 Å². The molecule has 0 bridgehead atoms. The first kappa shape index (κ1) is 17.9. The van der Waals surface area contributed by atoms with E-state index in [1.165, 1.54) is 38.5 Å². The van der Waals surface area contributed by atoms with Crippen molar-refractivity contribution >= 4 is 0 Å². The van der Waals surface area contributed by atoms with Gasteiger partial charge in [0.1, 0.15) is 0 Å². The number of rotatable bonds is 0. The molecule has 0 atom stereocenters. The zero-order valence-electron chi connectivity index (χ0n) is 9.14. The monoisotopic (exact) mass is 178 g/mol. The Balaban J connectivity index is -0.000000117. The molecule has 1 fully saturated rings. The zero-order valence-corrected chi connectivity index (χ0v) is 9.14. The molecule has 1 aliphatic rings. The van der Waals surface area contributed by atoms with E-state index in [1.54, 1.807) is 0 Å². The molecule has 2 heteroatoms. The van der Waals surface area contributed by atoms with Gasteiger partial charge in [0.15, 0.2) is 0 Å².